The van der Waals surface area contributed by atoms with E-state index in [1.807, 2.05) is 0 Å². The van der Waals surface area contributed by atoms with Crippen molar-refractivity contribution < 1.29 is 9.31 Å². The summed E-state index contributed by atoms with van der Waals surface area (Å²) >= 11 is 0. The van der Waals surface area contributed by atoms with Crippen molar-refractivity contribution in [2.24, 2.45) is 0 Å². The summed E-state index contributed by atoms with van der Waals surface area (Å²) in [6.07, 6.45) is 0. The van der Waals surface area contributed by atoms with E-state index in [1.165, 1.54) is 33.4 Å². The molecule has 4 heteroatoms. The van der Waals surface area contributed by atoms with Gasteiger partial charge in [0.05, 0.1) is 16.9 Å². The van der Waals surface area contributed by atoms with Gasteiger partial charge in [0, 0.05) is 16.9 Å². The lowest BCUT2D eigenvalue weighted by Gasteiger charge is -2.32. The monoisotopic (exact) mass is 599 g/mol. The van der Waals surface area contributed by atoms with Crippen LogP contribution in [0.25, 0.3) is 33.4 Å². The van der Waals surface area contributed by atoms with Crippen LogP contribution in [0.5, 0.6) is 0 Å². The highest BCUT2D eigenvalue weighted by molar-refractivity contribution is 6.62. The molecular formula is C42H38BNO2. The Hall–Kier alpha value is -4.90. The Kier molecular flexibility index (Phi) is 7.86. The Bertz CT molecular complexity index is 1900. The smallest absolute Gasteiger partial charge is 0.399 e. The first-order valence-corrected chi connectivity index (χ1v) is 16.0. The summed E-state index contributed by atoms with van der Waals surface area (Å²) < 4.78 is 12.7. The number of anilines is 3. The number of para-hydroxylation sites is 1. The molecule has 46 heavy (non-hydrogen) atoms. The third kappa shape index (κ3) is 5.78. The molecule has 0 radical (unpaired) electrons. The Labute approximate surface area is 273 Å². The number of benzene rings is 6. The van der Waals surface area contributed by atoms with Gasteiger partial charge in [0.2, 0.25) is 0 Å². The van der Waals surface area contributed by atoms with Crippen molar-refractivity contribution in [3.8, 4) is 33.4 Å². The second-order valence-electron chi connectivity index (χ2n) is 12.9. The standard InChI is InChI=1S/C42H38BNO2/c1-41(2)42(3,4)46-43(45-41)36-25-29-38(30-26-36)44(40-18-12-11-17-39(40)35-15-9-6-10-16-35)37-27-23-34(24-28-37)33-21-19-32(20-22-33)31-13-7-5-8-14-31/h5-30H,1-4H3. The van der Waals surface area contributed by atoms with Crippen LogP contribution < -0.4 is 10.4 Å². The van der Waals surface area contributed by atoms with E-state index in [0.717, 1.165) is 22.5 Å². The van der Waals surface area contributed by atoms with Crippen LogP contribution >= 0.6 is 0 Å². The maximum atomic E-state index is 6.35. The number of nitrogens with zero attached hydrogens (tertiary/aromatic N) is 1. The van der Waals surface area contributed by atoms with E-state index in [4.69, 9.17) is 9.31 Å². The van der Waals surface area contributed by atoms with Crippen LogP contribution in [-0.2, 0) is 9.31 Å². The average molecular weight is 600 g/mol. The molecule has 0 unspecified atom stereocenters. The normalized spacial score (nSPS) is 15.1. The van der Waals surface area contributed by atoms with Gasteiger partial charge in [-0.05, 0) is 91.3 Å². The van der Waals surface area contributed by atoms with E-state index in [9.17, 15) is 0 Å². The third-order valence-electron chi connectivity index (χ3n) is 9.36. The fourth-order valence-electron chi connectivity index (χ4n) is 6.01. The van der Waals surface area contributed by atoms with Gasteiger partial charge in [0.1, 0.15) is 0 Å². The zero-order valence-corrected chi connectivity index (χ0v) is 26.9. The summed E-state index contributed by atoms with van der Waals surface area (Å²) in [6.45, 7) is 8.35. The minimum Gasteiger partial charge on any atom is -0.399 e. The van der Waals surface area contributed by atoms with Gasteiger partial charge in [-0.15, -0.1) is 0 Å². The Morgan fingerprint density at radius 2 is 0.804 bits per heavy atom. The van der Waals surface area contributed by atoms with Gasteiger partial charge in [0.25, 0.3) is 0 Å². The second kappa shape index (κ2) is 12.1. The van der Waals surface area contributed by atoms with Crippen LogP contribution in [0.2, 0.25) is 0 Å². The second-order valence-corrected chi connectivity index (χ2v) is 12.9. The lowest BCUT2D eigenvalue weighted by atomic mass is 9.79. The third-order valence-corrected chi connectivity index (χ3v) is 9.36. The molecule has 3 nitrogen and oxygen atoms in total. The Balaban J connectivity index is 1.25. The van der Waals surface area contributed by atoms with Crippen molar-refractivity contribution in [2.45, 2.75) is 38.9 Å². The summed E-state index contributed by atoms with van der Waals surface area (Å²) in [7, 11) is -0.406. The van der Waals surface area contributed by atoms with Crippen molar-refractivity contribution in [1.82, 2.24) is 0 Å². The topological polar surface area (TPSA) is 21.7 Å². The zero-order chi connectivity index (χ0) is 31.7. The van der Waals surface area contributed by atoms with E-state index in [2.05, 4.69) is 190 Å². The van der Waals surface area contributed by atoms with E-state index < -0.39 is 7.12 Å². The van der Waals surface area contributed by atoms with Crippen molar-refractivity contribution >= 4 is 29.6 Å². The highest BCUT2D eigenvalue weighted by atomic mass is 16.7. The van der Waals surface area contributed by atoms with Gasteiger partial charge in [0.15, 0.2) is 0 Å². The Morgan fingerprint density at radius 3 is 1.33 bits per heavy atom. The van der Waals surface area contributed by atoms with Crippen molar-refractivity contribution in [3.05, 3.63) is 158 Å². The molecule has 0 amide bonds. The largest absolute Gasteiger partial charge is 0.494 e. The lowest BCUT2D eigenvalue weighted by Crippen LogP contribution is -2.41. The van der Waals surface area contributed by atoms with E-state index in [0.29, 0.717) is 0 Å². The molecule has 1 fully saturated rings. The van der Waals surface area contributed by atoms with Crippen LogP contribution in [0.15, 0.2) is 158 Å². The maximum Gasteiger partial charge on any atom is 0.494 e. The SMILES string of the molecule is CC1(C)OB(c2ccc(N(c3ccc(-c4ccc(-c5ccccc5)cc4)cc3)c3ccccc3-c3ccccc3)cc2)OC1(C)C. The molecule has 1 aliphatic heterocycles. The van der Waals surface area contributed by atoms with Crippen LogP contribution in [0.3, 0.4) is 0 Å². The Morgan fingerprint density at radius 1 is 0.413 bits per heavy atom. The first-order chi connectivity index (χ1) is 22.3. The highest BCUT2D eigenvalue weighted by Crippen LogP contribution is 2.41. The molecule has 0 aromatic heterocycles. The predicted molar refractivity (Wildman–Crippen MR) is 193 cm³/mol. The van der Waals surface area contributed by atoms with Gasteiger partial charge in [-0.2, -0.15) is 0 Å². The summed E-state index contributed by atoms with van der Waals surface area (Å²) in [5.41, 5.74) is 10.6. The zero-order valence-electron chi connectivity index (χ0n) is 26.9. The van der Waals surface area contributed by atoms with Gasteiger partial charge < -0.3 is 14.2 Å². The summed E-state index contributed by atoms with van der Waals surface area (Å²) in [6, 6.07) is 55.9. The maximum absolute atomic E-state index is 6.35. The molecule has 1 saturated heterocycles. The minimum atomic E-state index is -0.406. The molecule has 0 atom stereocenters. The highest BCUT2D eigenvalue weighted by Gasteiger charge is 2.51. The van der Waals surface area contributed by atoms with E-state index in [-0.39, 0.29) is 11.2 Å². The fraction of sp³-hybridized carbons (Fsp3) is 0.143. The molecule has 0 aliphatic carbocycles. The lowest BCUT2D eigenvalue weighted by molar-refractivity contribution is 0.00578. The molecule has 0 spiro atoms. The van der Waals surface area contributed by atoms with Crippen molar-refractivity contribution in [1.29, 1.82) is 0 Å². The van der Waals surface area contributed by atoms with Crippen LogP contribution in [0.1, 0.15) is 27.7 Å². The summed E-state index contributed by atoms with van der Waals surface area (Å²) in [4.78, 5) is 2.33. The summed E-state index contributed by atoms with van der Waals surface area (Å²) in [5.74, 6) is 0. The molecule has 1 aliphatic rings. The minimum absolute atomic E-state index is 0.388. The van der Waals surface area contributed by atoms with Crippen molar-refractivity contribution in [2.75, 3.05) is 4.90 Å². The summed E-state index contributed by atoms with van der Waals surface area (Å²) in [5, 5.41) is 0. The molecule has 6 aromatic carbocycles. The number of hydrogen-bond donors (Lipinski definition) is 0. The fourth-order valence-corrected chi connectivity index (χ4v) is 6.01. The molecule has 226 valence electrons. The quantitative estimate of drug-likeness (QED) is 0.171. The molecule has 0 bridgehead atoms. The number of hydrogen-bond acceptors (Lipinski definition) is 3. The molecule has 0 saturated carbocycles. The number of rotatable bonds is 7. The van der Waals surface area contributed by atoms with Gasteiger partial charge in [-0.25, -0.2) is 0 Å². The first-order valence-electron chi connectivity index (χ1n) is 16.0. The van der Waals surface area contributed by atoms with Crippen LogP contribution in [0, 0.1) is 0 Å². The van der Waals surface area contributed by atoms with Gasteiger partial charge in [-0.1, -0.05) is 127 Å². The van der Waals surface area contributed by atoms with Gasteiger partial charge >= 0.3 is 7.12 Å². The van der Waals surface area contributed by atoms with E-state index >= 15 is 0 Å². The van der Waals surface area contributed by atoms with Gasteiger partial charge in [-0.3, -0.25) is 0 Å². The molecule has 7 rings (SSSR count). The molecular weight excluding hydrogens is 561 g/mol. The van der Waals surface area contributed by atoms with Crippen LogP contribution in [-0.4, -0.2) is 18.3 Å². The van der Waals surface area contributed by atoms with Crippen molar-refractivity contribution in [3.63, 3.8) is 0 Å². The molecule has 0 N–H and O–H groups in total. The molecule has 1 heterocycles. The van der Waals surface area contributed by atoms with E-state index in [1.54, 1.807) is 0 Å². The first kappa shape index (κ1) is 29.8. The molecule has 6 aromatic rings. The predicted octanol–water partition coefficient (Wildman–Crippen LogP) is 10.5. The average Bonchev–Trinajstić information content (AvgIpc) is 3.32. The van der Waals surface area contributed by atoms with Crippen LogP contribution in [0.4, 0.5) is 17.1 Å².